The van der Waals surface area contributed by atoms with Crippen molar-refractivity contribution in [1.82, 2.24) is 0 Å². The largest absolute Gasteiger partial charge is 0.484 e. The predicted molar refractivity (Wildman–Crippen MR) is 91.0 cm³/mol. The molecule has 0 bridgehead atoms. The smallest absolute Gasteiger partial charge is 0.262 e. The third-order valence-corrected chi connectivity index (χ3v) is 3.55. The van der Waals surface area contributed by atoms with E-state index < -0.39 is 5.82 Å². The SMILES string of the molecule is CC(=O)CCc1ccc(OCC(=O)Nc2ccc(F)c(Cl)c2)cc1. The van der Waals surface area contributed by atoms with Crippen molar-refractivity contribution in [2.75, 3.05) is 11.9 Å². The van der Waals surface area contributed by atoms with E-state index in [0.717, 1.165) is 5.56 Å². The monoisotopic (exact) mass is 349 g/mol. The Hall–Kier alpha value is -2.40. The van der Waals surface area contributed by atoms with Crippen LogP contribution < -0.4 is 10.1 Å². The van der Waals surface area contributed by atoms with E-state index in [1.54, 1.807) is 19.1 Å². The lowest BCUT2D eigenvalue weighted by atomic mass is 10.1. The van der Waals surface area contributed by atoms with Gasteiger partial charge in [0.05, 0.1) is 5.02 Å². The summed E-state index contributed by atoms with van der Waals surface area (Å²) in [5, 5.41) is 2.51. The molecule has 0 aliphatic heterocycles. The first-order valence-corrected chi connectivity index (χ1v) is 7.78. The molecule has 24 heavy (non-hydrogen) atoms. The first-order valence-electron chi connectivity index (χ1n) is 7.40. The Balaban J connectivity index is 1.82. The second-order valence-corrected chi connectivity index (χ2v) is 5.72. The molecule has 2 aromatic carbocycles. The van der Waals surface area contributed by atoms with Gasteiger partial charge in [-0.2, -0.15) is 0 Å². The maximum Gasteiger partial charge on any atom is 0.262 e. The fourth-order valence-corrected chi connectivity index (χ4v) is 2.17. The van der Waals surface area contributed by atoms with Gasteiger partial charge in [0.15, 0.2) is 6.61 Å². The number of benzene rings is 2. The minimum atomic E-state index is -0.546. The van der Waals surface area contributed by atoms with E-state index in [0.29, 0.717) is 24.3 Å². The van der Waals surface area contributed by atoms with Crippen LogP contribution in [0.4, 0.5) is 10.1 Å². The first-order chi connectivity index (χ1) is 11.4. The van der Waals surface area contributed by atoms with Crippen molar-refractivity contribution < 1.29 is 18.7 Å². The molecule has 0 heterocycles. The van der Waals surface area contributed by atoms with Crippen LogP contribution in [0.5, 0.6) is 5.75 Å². The summed E-state index contributed by atoms with van der Waals surface area (Å²) in [5.41, 5.74) is 1.43. The lowest BCUT2D eigenvalue weighted by molar-refractivity contribution is -0.118. The molecular formula is C18H17ClFNO3. The first kappa shape index (κ1) is 17.9. The van der Waals surface area contributed by atoms with Crippen LogP contribution in [0.3, 0.4) is 0 Å². The molecule has 0 aliphatic rings. The Labute approximate surface area is 144 Å². The number of hydrogen-bond donors (Lipinski definition) is 1. The third-order valence-electron chi connectivity index (χ3n) is 3.26. The number of amides is 1. The molecule has 126 valence electrons. The van der Waals surface area contributed by atoms with Crippen LogP contribution in [0.15, 0.2) is 42.5 Å². The van der Waals surface area contributed by atoms with Gasteiger partial charge >= 0.3 is 0 Å². The number of aryl methyl sites for hydroxylation is 1. The van der Waals surface area contributed by atoms with Gasteiger partial charge in [-0.1, -0.05) is 23.7 Å². The summed E-state index contributed by atoms with van der Waals surface area (Å²) in [4.78, 5) is 22.8. The number of ketones is 1. The van der Waals surface area contributed by atoms with Gasteiger partial charge in [0.2, 0.25) is 0 Å². The molecule has 0 saturated heterocycles. The van der Waals surface area contributed by atoms with Crippen molar-refractivity contribution in [3.05, 3.63) is 58.9 Å². The number of anilines is 1. The van der Waals surface area contributed by atoms with Crippen LogP contribution in [0.2, 0.25) is 5.02 Å². The van der Waals surface area contributed by atoms with E-state index >= 15 is 0 Å². The van der Waals surface area contributed by atoms with Gasteiger partial charge in [0.25, 0.3) is 5.91 Å². The van der Waals surface area contributed by atoms with E-state index in [4.69, 9.17) is 16.3 Å². The summed E-state index contributed by atoms with van der Waals surface area (Å²) >= 11 is 5.65. The Bertz CT molecular complexity index is 732. The number of carbonyl (C=O) groups is 2. The Morgan fingerprint density at radius 3 is 2.50 bits per heavy atom. The van der Waals surface area contributed by atoms with Gasteiger partial charge in [-0.15, -0.1) is 0 Å². The standard InChI is InChI=1S/C18H17ClFNO3/c1-12(22)2-3-13-4-7-15(8-5-13)24-11-18(23)21-14-6-9-17(20)16(19)10-14/h4-10H,2-3,11H2,1H3,(H,21,23). The molecule has 0 atom stereocenters. The molecule has 0 unspecified atom stereocenters. The zero-order valence-corrected chi connectivity index (χ0v) is 13.9. The molecule has 2 aromatic rings. The second-order valence-electron chi connectivity index (χ2n) is 5.31. The molecule has 0 fully saturated rings. The van der Waals surface area contributed by atoms with Crippen molar-refractivity contribution in [2.24, 2.45) is 0 Å². The summed E-state index contributed by atoms with van der Waals surface area (Å²) in [5.74, 6) is -0.226. The van der Waals surface area contributed by atoms with Crippen LogP contribution in [0.1, 0.15) is 18.9 Å². The topological polar surface area (TPSA) is 55.4 Å². The van der Waals surface area contributed by atoms with Crippen LogP contribution >= 0.6 is 11.6 Å². The average molecular weight is 350 g/mol. The van der Waals surface area contributed by atoms with E-state index in [1.807, 2.05) is 12.1 Å². The maximum absolute atomic E-state index is 13.0. The highest BCUT2D eigenvalue weighted by molar-refractivity contribution is 6.31. The molecule has 2 rings (SSSR count). The van der Waals surface area contributed by atoms with Gasteiger partial charge < -0.3 is 14.8 Å². The lowest BCUT2D eigenvalue weighted by Crippen LogP contribution is -2.20. The lowest BCUT2D eigenvalue weighted by Gasteiger charge is -2.08. The van der Waals surface area contributed by atoms with Crippen molar-refractivity contribution >= 4 is 29.0 Å². The van der Waals surface area contributed by atoms with Crippen LogP contribution in [-0.2, 0) is 16.0 Å². The molecular weight excluding hydrogens is 333 g/mol. The molecule has 1 N–H and O–H groups in total. The number of Topliss-reactive ketones (excluding diaryl/α,β-unsaturated/α-hetero) is 1. The van der Waals surface area contributed by atoms with E-state index in [-0.39, 0.29) is 23.3 Å². The zero-order chi connectivity index (χ0) is 17.5. The Morgan fingerprint density at radius 2 is 1.88 bits per heavy atom. The van der Waals surface area contributed by atoms with Crippen molar-refractivity contribution in [3.63, 3.8) is 0 Å². The maximum atomic E-state index is 13.0. The number of carbonyl (C=O) groups excluding carboxylic acids is 2. The Kier molecular flexibility index (Phi) is 6.32. The van der Waals surface area contributed by atoms with E-state index in [2.05, 4.69) is 5.32 Å². The highest BCUT2D eigenvalue weighted by Crippen LogP contribution is 2.19. The van der Waals surface area contributed by atoms with Crippen LogP contribution in [0, 0.1) is 5.82 Å². The van der Waals surface area contributed by atoms with Gasteiger partial charge in [0.1, 0.15) is 17.3 Å². The fraction of sp³-hybridized carbons (Fsp3) is 0.222. The summed E-state index contributed by atoms with van der Waals surface area (Å²) in [6.07, 6.45) is 1.18. The van der Waals surface area contributed by atoms with Gasteiger partial charge in [0, 0.05) is 12.1 Å². The van der Waals surface area contributed by atoms with Gasteiger partial charge in [-0.3, -0.25) is 4.79 Å². The van der Waals surface area contributed by atoms with Crippen LogP contribution in [-0.4, -0.2) is 18.3 Å². The molecule has 0 aromatic heterocycles. The molecule has 0 aliphatic carbocycles. The number of ether oxygens (including phenoxy) is 1. The van der Waals surface area contributed by atoms with Crippen LogP contribution in [0.25, 0.3) is 0 Å². The number of hydrogen-bond acceptors (Lipinski definition) is 3. The predicted octanol–water partition coefficient (Wildman–Crippen LogP) is 4.02. The minimum absolute atomic E-state index is 0.0603. The highest BCUT2D eigenvalue weighted by atomic mass is 35.5. The average Bonchev–Trinajstić information content (AvgIpc) is 2.55. The quantitative estimate of drug-likeness (QED) is 0.821. The number of nitrogens with one attached hydrogen (secondary N) is 1. The highest BCUT2D eigenvalue weighted by Gasteiger charge is 2.06. The Morgan fingerprint density at radius 1 is 1.17 bits per heavy atom. The van der Waals surface area contributed by atoms with E-state index in [1.165, 1.54) is 18.2 Å². The molecule has 6 heteroatoms. The molecule has 0 saturated carbocycles. The molecule has 4 nitrogen and oxygen atoms in total. The van der Waals surface area contributed by atoms with Crippen molar-refractivity contribution in [3.8, 4) is 5.75 Å². The fourth-order valence-electron chi connectivity index (χ4n) is 1.99. The zero-order valence-electron chi connectivity index (χ0n) is 13.1. The van der Waals surface area contributed by atoms with Crippen molar-refractivity contribution in [2.45, 2.75) is 19.8 Å². The minimum Gasteiger partial charge on any atom is -0.484 e. The number of rotatable bonds is 7. The summed E-state index contributed by atoms with van der Waals surface area (Å²) < 4.78 is 18.4. The normalized spacial score (nSPS) is 10.3. The van der Waals surface area contributed by atoms with Gasteiger partial charge in [-0.25, -0.2) is 4.39 Å². The second kappa shape index (κ2) is 8.45. The number of halogens is 2. The van der Waals surface area contributed by atoms with Crippen molar-refractivity contribution in [1.29, 1.82) is 0 Å². The third kappa shape index (κ3) is 5.66. The summed E-state index contributed by atoms with van der Waals surface area (Å²) in [7, 11) is 0. The molecule has 1 amide bonds. The van der Waals surface area contributed by atoms with E-state index in [9.17, 15) is 14.0 Å². The van der Waals surface area contributed by atoms with Gasteiger partial charge in [-0.05, 0) is 49.2 Å². The molecule has 0 radical (unpaired) electrons. The summed E-state index contributed by atoms with van der Waals surface area (Å²) in [6, 6.07) is 11.1. The molecule has 0 spiro atoms. The summed E-state index contributed by atoms with van der Waals surface area (Å²) in [6.45, 7) is 1.38.